The maximum Gasteiger partial charge on any atom is 0.138 e. The van der Waals surface area contributed by atoms with Gasteiger partial charge in [-0.05, 0) is 39.7 Å². The summed E-state index contributed by atoms with van der Waals surface area (Å²) in [5.41, 5.74) is 7.66. The van der Waals surface area contributed by atoms with Crippen LogP contribution >= 0.6 is 0 Å². The lowest BCUT2D eigenvalue weighted by molar-refractivity contribution is -0.118. The second-order valence-corrected chi connectivity index (χ2v) is 4.68. The van der Waals surface area contributed by atoms with E-state index in [1.54, 1.807) is 0 Å². The first-order valence-electron chi connectivity index (χ1n) is 6.33. The van der Waals surface area contributed by atoms with Gasteiger partial charge in [-0.1, -0.05) is 0 Å². The van der Waals surface area contributed by atoms with Crippen LogP contribution in [0.5, 0.6) is 0 Å². The van der Waals surface area contributed by atoms with Gasteiger partial charge in [0.25, 0.3) is 0 Å². The number of carbonyl (C=O) groups is 1. The summed E-state index contributed by atoms with van der Waals surface area (Å²) >= 11 is 0. The van der Waals surface area contributed by atoms with Gasteiger partial charge >= 0.3 is 0 Å². The van der Waals surface area contributed by atoms with E-state index in [9.17, 15) is 4.79 Å². The van der Waals surface area contributed by atoms with Crippen molar-refractivity contribution in [1.29, 1.82) is 0 Å². The molecule has 0 aliphatic carbocycles. The predicted octanol–water partition coefficient (Wildman–Crippen LogP) is 1.84. The smallest absolute Gasteiger partial charge is 0.138 e. The fourth-order valence-corrected chi connectivity index (χ4v) is 1.93. The number of rotatable bonds is 7. The van der Waals surface area contributed by atoms with Crippen LogP contribution in [0.4, 0.5) is 0 Å². The van der Waals surface area contributed by atoms with E-state index in [2.05, 4.69) is 5.10 Å². The van der Waals surface area contributed by atoms with Gasteiger partial charge in [-0.25, -0.2) is 0 Å². The van der Waals surface area contributed by atoms with Gasteiger partial charge in [-0.3, -0.25) is 9.48 Å². The molecule has 0 aromatic carbocycles. The molecule has 1 aromatic heterocycles. The minimum absolute atomic E-state index is 0.186. The van der Waals surface area contributed by atoms with Crippen molar-refractivity contribution in [2.45, 2.75) is 59.0 Å². The average molecular weight is 237 g/mol. The second kappa shape index (κ2) is 6.55. The summed E-state index contributed by atoms with van der Waals surface area (Å²) < 4.78 is 1.90. The Kier molecular flexibility index (Phi) is 5.35. The Morgan fingerprint density at radius 3 is 2.88 bits per heavy atom. The molecule has 1 atom stereocenters. The highest BCUT2D eigenvalue weighted by Crippen LogP contribution is 2.08. The summed E-state index contributed by atoms with van der Waals surface area (Å²) in [6, 6.07) is 2.18. The number of Topliss-reactive ketones (excluding diaryl/α,β-unsaturated/α-hetero) is 1. The van der Waals surface area contributed by atoms with E-state index < -0.39 is 0 Å². The number of hydrogen-bond donors (Lipinski definition) is 1. The molecule has 0 fully saturated rings. The molecule has 0 saturated heterocycles. The average Bonchev–Trinajstić information content (AvgIpc) is 2.58. The van der Waals surface area contributed by atoms with Crippen LogP contribution in [0.15, 0.2) is 6.07 Å². The van der Waals surface area contributed by atoms with Crippen molar-refractivity contribution in [3.63, 3.8) is 0 Å². The number of nitrogens with zero attached hydrogens (tertiary/aromatic N) is 2. The lowest BCUT2D eigenvalue weighted by atomic mass is 10.1. The molecule has 1 aromatic rings. The molecule has 1 heterocycles. The van der Waals surface area contributed by atoms with Gasteiger partial charge in [0, 0.05) is 31.1 Å². The molecule has 4 heteroatoms. The van der Waals surface area contributed by atoms with Crippen molar-refractivity contribution in [1.82, 2.24) is 9.78 Å². The number of carbonyl (C=O) groups excluding carboxylic acids is 1. The van der Waals surface area contributed by atoms with Crippen LogP contribution in [-0.2, 0) is 17.8 Å². The fourth-order valence-electron chi connectivity index (χ4n) is 1.93. The van der Waals surface area contributed by atoms with Gasteiger partial charge in [0.1, 0.15) is 5.78 Å². The molecule has 2 N–H and O–H groups in total. The maximum absolute atomic E-state index is 11.8. The van der Waals surface area contributed by atoms with Gasteiger partial charge in [-0.15, -0.1) is 0 Å². The molecular formula is C13H23N3O. The Bertz CT molecular complexity index is 369. The van der Waals surface area contributed by atoms with Gasteiger partial charge in [-0.2, -0.15) is 5.10 Å². The molecule has 0 radical (unpaired) electrons. The number of nitrogens with two attached hydrogens (primary N) is 1. The molecule has 0 bridgehead atoms. The Morgan fingerprint density at radius 2 is 2.29 bits per heavy atom. The first kappa shape index (κ1) is 13.9. The van der Waals surface area contributed by atoms with Crippen molar-refractivity contribution in [2.75, 3.05) is 0 Å². The molecule has 1 rings (SSSR count). The van der Waals surface area contributed by atoms with E-state index in [1.807, 2.05) is 31.5 Å². The third-order valence-electron chi connectivity index (χ3n) is 2.78. The Hall–Kier alpha value is -1.16. The van der Waals surface area contributed by atoms with E-state index >= 15 is 0 Å². The topological polar surface area (TPSA) is 60.9 Å². The highest BCUT2D eigenvalue weighted by molar-refractivity contribution is 5.80. The van der Waals surface area contributed by atoms with Crippen LogP contribution in [-0.4, -0.2) is 21.6 Å². The zero-order chi connectivity index (χ0) is 12.8. The van der Waals surface area contributed by atoms with Crippen LogP contribution < -0.4 is 5.73 Å². The van der Waals surface area contributed by atoms with Crippen molar-refractivity contribution in [3.8, 4) is 0 Å². The van der Waals surface area contributed by atoms with Crippen LogP contribution in [0.1, 0.15) is 44.5 Å². The maximum atomic E-state index is 11.8. The molecule has 17 heavy (non-hydrogen) atoms. The molecular weight excluding hydrogens is 214 g/mol. The summed E-state index contributed by atoms with van der Waals surface area (Å²) in [6.45, 7) is 6.78. The number of aryl methyl sites for hydroxylation is 2. The van der Waals surface area contributed by atoms with Crippen molar-refractivity contribution >= 4 is 5.78 Å². The lowest BCUT2D eigenvalue weighted by Gasteiger charge is -2.05. The van der Waals surface area contributed by atoms with Gasteiger partial charge in [0.15, 0.2) is 0 Å². The first-order valence-corrected chi connectivity index (χ1v) is 6.33. The second-order valence-electron chi connectivity index (χ2n) is 4.68. The Labute approximate surface area is 103 Å². The quantitative estimate of drug-likeness (QED) is 0.787. The zero-order valence-electron chi connectivity index (χ0n) is 11.1. The lowest BCUT2D eigenvalue weighted by Crippen LogP contribution is -2.15. The molecule has 0 aliphatic rings. The van der Waals surface area contributed by atoms with Crippen LogP contribution in [0, 0.1) is 6.92 Å². The molecule has 96 valence electrons. The summed E-state index contributed by atoms with van der Waals surface area (Å²) in [5, 5.41) is 4.34. The van der Waals surface area contributed by atoms with Gasteiger partial charge in [0.05, 0.1) is 5.69 Å². The standard InChI is InChI=1S/C13H23N3O/c1-4-16-12(8-11(3)15-16)9-13(17)7-5-6-10(2)14/h8,10H,4-7,9,14H2,1-3H3. The summed E-state index contributed by atoms with van der Waals surface area (Å²) in [5.74, 6) is 0.278. The molecule has 0 spiro atoms. The first-order chi connectivity index (χ1) is 8.02. The monoisotopic (exact) mass is 237 g/mol. The highest BCUT2D eigenvalue weighted by atomic mass is 16.1. The van der Waals surface area contributed by atoms with Crippen LogP contribution in [0.2, 0.25) is 0 Å². The summed E-state index contributed by atoms with van der Waals surface area (Å²) in [6.07, 6.45) is 2.91. The third-order valence-corrected chi connectivity index (χ3v) is 2.78. The van der Waals surface area contributed by atoms with Crippen molar-refractivity contribution in [3.05, 3.63) is 17.5 Å². The molecule has 4 nitrogen and oxygen atoms in total. The Morgan fingerprint density at radius 1 is 1.59 bits per heavy atom. The van der Waals surface area contributed by atoms with E-state index in [4.69, 9.17) is 5.73 Å². The molecule has 1 unspecified atom stereocenters. The summed E-state index contributed by atoms with van der Waals surface area (Å²) in [4.78, 5) is 11.8. The Balaban J connectivity index is 2.44. The van der Waals surface area contributed by atoms with E-state index in [1.165, 1.54) is 0 Å². The minimum Gasteiger partial charge on any atom is -0.328 e. The SMILES string of the molecule is CCn1nc(C)cc1CC(=O)CCCC(C)N. The van der Waals surface area contributed by atoms with E-state index in [0.717, 1.165) is 30.8 Å². The van der Waals surface area contributed by atoms with Crippen molar-refractivity contribution < 1.29 is 4.79 Å². The number of ketones is 1. The zero-order valence-corrected chi connectivity index (χ0v) is 11.1. The normalized spacial score (nSPS) is 12.7. The van der Waals surface area contributed by atoms with E-state index in [0.29, 0.717) is 12.8 Å². The molecule has 0 saturated carbocycles. The third kappa shape index (κ3) is 4.69. The summed E-state index contributed by atoms with van der Waals surface area (Å²) in [7, 11) is 0. The van der Waals surface area contributed by atoms with Gasteiger partial charge < -0.3 is 5.73 Å². The molecule has 0 amide bonds. The highest BCUT2D eigenvalue weighted by Gasteiger charge is 2.09. The molecule has 0 aliphatic heterocycles. The van der Waals surface area contributed by atoms with Crippen LogP contribution in [0.25, 0.3) is 0 Å². The fraction of sp³-hybridized carbons (Fsp3) is 0.692. The largest absolute Gasteiger partial charge is 0.328 e. The number of aromatic nitrogens is 2. The van der Waals surface area contributed by atoms with Crippen LogP contribution in [0.3, 0.4) is 0 Å². The van der Waals surface area contributed by atoms with E-state index in [-0.39, 0.29) is 11.8 Å². The number of hydrogen-bond acceptors (Lipinski definition) is 3. The minimum atomic E-state index is 0.186. The predicted molar refractivity (Wildman–Crippen MR) is 68.8 cm³/mol. The van der Waals surface area contributed by atoms with Gasteiger partial charge in [0.2, 0.25) is 0 Å². The van der Waals surface area contributed by atoms with Crippen molar-refractivity contribution in [2.24, 2.45) is 5.73 Å².